The van der Waals surface area contributed by atoms with Gasteiger partial charge in [-0.05, 0) is 88.3 Å². The van der Waals surface area contributed by atoms with Gasteiger partial charge in [0.05, 0.1) is 11.3 Å². The van der Waals surface area contributed by atoms with Crippen LogP contribution >= 0.6 is 11.6 Å². The zero-order valence-electron chi connectivity index (χ0n) is 23.6. The van der Waals surface area contributed by atoms with Crippen LogP contribution in [0.2, 0.25) is 5.02 Å². The molecule has 1 amide bonds. The molecule has 2 aliphatic heterocycles. The lowest BCUT2D eigenvalue weighted by Crippen LogP contribution is -2.44. The summed E-state index contributed by atoms with van der Waals surface area (Å²) >= 11 is 6.38. The molecule has 216 valence electrons. The topological polar surface area (TPSA) is 111 Å². The van der Waals surface area contributed by atoms with Crippen LogP contribution in [0.3, 0.4) is 0 Å². The van der Waals surface area contributed by atoms with E-state index >= 15 is 0 Å². The van der Waals surface area contributed by atoms with E-state index in [-0.39, 0.29) is 17.9 Å². The lowest BCUT2D eigenvalue weighted by molar-refractivity contribution is 0.0118. The Labute approximate surface area is 246 Å². The Hall–Kier alpha value is -3.66. The molecule has 2 saturated heterocycles. The number of likely N-dealkylation sites (tertiary alicyclic amines) is 1. The number of pyridine rings is 1. The summed E-state index contributed by atoms with van der Waals surface area (Å²) in [5.41, 5.74) is 2.50. The second-order valence-electron chi connectivity index (χ2n) is 11.0. The van der Waals surface area contributed by atoms with Crippen molar-refractivity contribution in [1.29, 1.82) is 5.41 Å². The van der Waals surface area contributed by atoms with Gasteiger partial charge in [-0.2, -0.15) is 4.99 Å². The van der Waals surface area contributed by atoms with Crippen molar-refractivity contribution >= 4 is 34.8 Å². The van der Waals surface area contributed by atoms with E-state index in [9.17, 15) is 9.90 Å². The Morgan fingerprint density at radius 2 is 1.76 bits per heavy atom. The molecule has 1 aromatic heterocycles. The van der Waals surface area contributed by atoms with Gasteiger partial charge in [-0.15, -0.1) is 0 Å². The van der Waals surface area contributed by atoms with Gasteiger partial charge in [0.15, 0.2) is 5.49 Å². The number of rotatable bonds is 5. The molecule has 41 heavy (non-hydrogen) atoms. The molecule has 2 fully saturated rings. The molecule has 10 heteroatoms. The first kappa shape index (κ1) is 28.9. The first-order chi connectivity index (χ1) is 19.7. The largest absolute Gasteiger partial charge is 0.385 e. The number of hydrogen-bond donors (Lipinski definition) is 4. The lowest BCUT2D eigenvalue weighted by Gasteiger charge is -2.39. The zero-order valence-corrected chi connectivity index (χ0v) is 24.4. The third-order valence-electron chi connectivity index (χ3n) is 8.29. The van der Waals surface area contributed by atoms with Gasteiger partial charge in [0, 0.05) is 54.2 Å². The number of piperidine rings is 2. The molecular formula is C31H38ClN7O2. The number of hydrogen-bond acceptors (Lipinski definition) is 5. The van der Waals surface area contributed by atoms with Gasteiger partial charge >= 0.3 is 0 Å². The molecule has 2 aliphatic rings. The highest BCUT2D eigenvalue weighted by molar-refractivity contribution is 6.31. The number of carbonyl (C=O) groups excluding carboxylic acids is 1. The number of guanidine groups is 1. The Bertz CT molecular complexity index is 1440. The summed E-state index contributed by atoms with van der Waals surface area (Å²) in [5, 5.41) is 23.4. The number of carbonyl (C=O) groups is 1. The van der Waals surface area contributed by atoms with Gasteiger partial charge in [0.25, 0.3) is 5.91 Å². The van der Waals surface area contributed by atoms with Crippen LogP contribution in [-0.4, -0.2) is 78.1 Å². The van der Waals surface area contributed by atoms with Crippen molar-refractivity contribution in [3.63, 3.8) is 0 Å². The zero-order chi connectivity index (χ0) is 29.0. The molecule has 3 heterocycles. The van der Waals surface area contributed by atoms with Crippen molar-refractivity contribution in [2.45, 2.75) is 37.3 Å². The van der Waals surface area contributed by atoms with Crippen molar-refractivity contribution in [1.82, 2.24) is 14.8 Å². The van der Waals surface area contributed by atoms with Gasteiger partial charge in [-0.25, -0.2) is 0 Å². The number of nitrogens with one attached hydrogen (secondary N) is 3. The molecule has 0 aliphatic carbocycles. The van der Waals surface area contributed by atoms with E-state index in [2.05, 4.69) is 32.1 Å². The minimum Gasteiger partial charge on any atom is -0.385 e. The van der Waals surface area contributed by atoms with Gasteiger partial charge < -0.3 is 30.1 Å². The molecule has 0 saturated carbocycles. The molecule has 0 unspecified atom stereocenters. The quantitative estimate of drug-likeness (QED) is 0.268. The van der Waals surface area contributed by atoms with Crippen LogP contribution in [0.15, 0.2) is 71.9 Å². The van der Waals surface area contributed by atoms with Crippen LogP contribution in [0.5, 0.6) is 0 Å². The molecule has 2 aromatic carbocycles. The summed E-state index contributed by atoms with van der Waals surface area (Å²) in [6.07, 6.45) is 4.79. The molecule has 0 radical (unpaired) electrons. The molecule has 0 spiro atoms. The Morgan fingerprint density at radius 1 is 1.07 bits per heavy atom. The van der Waals surface area contributed by atoms with Crippen LogP contribution in [-0.2, 0) is 5.60 Å². The summed E-state index contributed by atoms with van der Waals surface area (Å²) in [7, 11) is 3.99. The summed E-state index contributed by atoms with van der Waals surface area (Å²) in [6, 6.07) is 18.8. The second kappa shape index (κ2) is 12.5. The van der Waals surface area contributed by atoms with E-state index in [1.54, 1.807) is 30.5 Å². The van der Waals surface area contributed by atoms with E-state index in [0.29, 0.717) is 47.7 Å². The maximum absolute atomic E-state index is 13.0. The Kier molecular flexibility index (Phi) is 8.77. The Morgan fingerprint density at radius 3 is 2.44 bits per heavy atom. The van der Waals surface area contributed by atoms with Gasteiger partial charge in [-0.1, -0.05) is 29.8 Å². The summed E-state index contributed by atoms with van der Waals surface area (Å²) < 4.78 is 0. The van der Waals surface area contributed by atoms with Crippen LogP contribution in [0, 0.1) is 5.41 Å². The number of benzene rings is 2. The highest BCUT2D eigenvalue weighted by atomic mass is 35.5. The van der Waals surface area contributed by atoms with Gasteiger partial charge in [0.2, 0.25) is 5.96 Å². The van der Waals surface area contributed by atoms with Crippen molar-refractivity contribution in [3.05, 3.63) is 88.5 Å². The smallest absolute Gasteiger partial charge is 0.253 e. The van der Waals surface area contributed by atoms with Crippen LogP contribution < -0.4 is 15.7 Å². The fraction of sp³-hybridized carbons (Fsp3) is 0.387. The monoisotopic (exact) mass is 575 g/mol. The summed E-state index contributed by atoms with van der Waals surface area (Å²) in [6.45, 7) is 3.23. The van der Waals surface area contributed by atoms with Crippen molar-refractivity contribution < 1.29 is 9.90 Å². The maximum Gasteiger partial charge on any atom is 0.253 e. The normalized spacial score (nSPS) is 18.2. The number of nitrogens with zero attached hydrogens (tertiary/aromatic N) is 4. The Balaban J connectivity index is 1.23. The van der Waals surface area contributed by atoms with Gasteiger partial charge in [0.1, 0.15) is 0 Å². The average molecular weight is 576 g/mol. The predicted octanol–water partition coefficient (Wildman–Crippen LogP) is 4.27. The average Bonchev–Trinajstić information content (AvgIpc) is 2.98. The SMILES string of the molecule is CN1CCC(N(C)C(=O)c2ccc(NC(=N)/N=c3\[nH]cccc3N3CCC(O)(c4ccccc4Cl)CC3)cc2)CC1. The highest BCUT2D eigenvalue weighted by Gasteiger charge is 2.35. The third kappa shape index (κ3) is 6.64. The molecule has 3 aromatic rings. The minimum absolute atomic E-state index is 0.0114. The summed E-state index contributed by atoms with van der Waals surface area (Å²) in [4.78, 5) is 27.0. The van der Waals surface area contributed by atoms with E-state index in [1.165, 1.54) is 0 Å². The number of halogens is 1. The highest BCUT2D eigenvalue weighted by Crippen LogP contribution is 2.37. The first-order valence-corrected chi connectivity index (χ1v) is 14.5. The molecule has 0 atom stereocenters. The number of anilines is 2. The number of H-pyrrole nitrogens is 1. The van der Waals surface area contributed by atoms with Crippen molar-refractivity contribution in [2.75, 3.05) is 50.5 Å². The van der Waals surface area contributed by atoms with Crippen LogP contribution in [0.25, 0.3) is 0 Å². The molecule has 4 N–H and O–H groups in total. The number of amides is 1. The molecule has 9 nitrogen and oxygen atoms in total. The minimum atomic E-state index is -0.978. The number of aromatic nitrogens is 1. The van der Waals surface area contributed by atoms with Crippen molar-refractivity contribution in [3.8, 4) is 0 Å². The molecular weight excluding hydrogens is 538 g/mol. The number of aromatic amines is 1. The van der Waals surface area contributed by atoms with Gasteiger partial charge in [-0.3, -0.25) is 10.2 Å². The number of aliphatic hydroxyl groups is 1. The standard InChI is InChI=1S/C31H38ClN7O2/c1-37-18-13-24(14-19-37)38(2)29(40)22-9-11-23(12-10-22)35-30(33)36-28-27(8-5-17-34-28)39-20-15-31(41,16-21-39)25-6-3-4-7-26(25)32/h3-12,17,24,41H,13-16,18-21H2,1-2H3,(H3,33,34,35,36). The molecule has 0 bridgehead atoms. The molecule has 5 rings (SSSR count). The summed E-state index contributed by atoms with van der Waals surface area (Å²) in [5.74, 6) is -0.0156. The maximum atomic E-state index is 13.0. The van der Waals surface area contributed by atoms with E-state index in [1.807, 2.05) is 48.3 Å². The third-order valence-corrected chi connectivity index (χ3v) is 8.62. The fourth-order valence-electron chi connectivity index (χ4n) is 5.71. The first-order valence-electron chi connectivity index (χ1n) is 14.1. The predicted molar refractivity (Wildman–Crippen MR) is 164 cm³/mol. The van der Waals surface area contributed by atoms with Crippen LogP contribution in [0.4, 0.5) is 11.4 Å². The van der Waals surface area contributed by atoms with E-state index in [4.69, 9.17) is 17.0 Å². The van der Waals surface area contributed by atoms with Crippen LogP contribution in [0.1, 0.15) is 41.6 Å². The van der Waals surface area contributed by atoms with E-state index in [0.717, 1.165) is 37.2 Å². The van der Waals surface area contributed by atoms with Crippen molar-refractivity contribution in [2.24, 2.45) is 4.99 Å². The fourth-order valence-corrected chi connectivity index (χ4v) is 6.03. The second-order valence-corrected chi connectivity index (χ2v) is 11.4. The van der Waals surface area contributed by atoms with E-state index < -0.39 is 5.60 Å². The lowest BCUT2D eigenvalue weighted by atomic mass is 9.84.